The Morgan fingerprint density at radius 2 is 2.14 bits per heavy atom. The lowest BCUT2D eigenvalue weighted by molar-refractivity contribution is -0.142. The standard InChI is InChI=1S/C17H20N2O2/c1-11-6-7-12-4-3-5-14-16(12)13(10-19-14)8-15(18-9-11)17(20)21-2/h3-5,9-10,15,18-19H,6-8H2,1-2H3/b11-9-. The summed E-state index contributed by atoms with van der Waals surface area (Å²) < 4.78 is 4.91. The number of ether oxygens (including phenoxy) is 1. The van der Waals surface area contributed by atoms with E-state index in [1.54, 1.807) is 0 Å². The fraction of sp³-hybridized carbons (Fsp3) is 0.353. The molecular formula is C17H20N2O2. The topological polar surface area (TPSA) is 54.1 Å². The zero-order valence-electron chi connectivity index (χ0n) is 12.4. The van der Waals surface area contributed by atoms with Gasteiger partial charge in [-0.3, -0.25) is 0 Å². The van der Waals surface area contributed by atoms with Crippen LogP contribution in [0.5, 0.6) is 0 Å². The number of hydrogen-bond donors (Lipinski definition) is 2. The van der Waals surface area contributed by atoms with E-state index in [0.717, 1.165) is 23.9 Å². The zero-order valence-corrected chi connectivity index (χ0v) is 12.4. The van der Waals surface area contributed by atoms with Crippen LogP contribution in [0, 0.1) is 0 Å². The van der Waals surface area contributed by atoms with Crippen molar-refractivity contribution >= 4 is 16.9 Å². The number of methoxy groups -OCH3 is 1. The van der Waals surface area contributed by atoms with Crippen molar-refractivity contribution < 1.29 is 9.53 Å². The molecule has 0 fully saturated rings. The Kier molecular flexibility index (Phi) is 3.69. The van der Waals surface area contributed by atoms with E-state index in [-0.39, 0.29) is 12.0 Å². The Labute approximate surface area is 124 Å². The van der Waals surface area contributed by atoms with Gasteiger partial charge in [0.25, 0.3) is 0 Å². The Balaban J connectivity index is 2.08. The Morgan fingerprint density at radius 1 is 1.29 bits per heavy atom. The van der Waals surface area contributed by atoms with Crippen LogP contribution in [0.1, 0.15) is 24.5 Å². The van der Waals surface area contributed by atoms with Crippen LogP contribution < -0.4 is 5.32 Å². The molecule has 0 aliphatic carbocycles. The quantitative estimate of drug-likeness (QED) is 0.792. The number of carbonyl (C=O) groups is 1. The third-order valence-corrected chi connectivity index (χ3v) is 4.10. The predicted molar refractivity (Wildman–Crippen MR) is 83.0 cm³/mol. The molecule has 1 aliphatic heterocycles. The zero-order chi connectivity index (χ0) is 14.8. The van der Waals surface area contributed by atoms with Crippen LogP contribution in [-0.4, -0.2) is 24.1 Å². The highest BCUT2D eigenvalue weighted by Gasteiger charge is 2.21. The van der Waals surface area contributed by atoms with Crippen LogP contribution in [0.4, 0.5) is 0 Å². The van der Waals surface area contributed by atoms with Crippen molar-refractivity contribution in [1.29, 1.82) is 0 Å². The minimum absolute atomic E-state index is 0.230. The van der Waals surface area contributed by atoms with Crippen LogP contribution in [0.2, 0.25) is 0 Å². The lowest BCUT2D eigenvalue weighted by atomic mass is 9.96. The second-order valence-corrected chi connectivity index (χ2v) is 5.59. The highest BCUT2D eigenvalue weighted by Crippen LogP contribution is 2.26. The molecule has 1 atom stereocenters. The summed E-state index contributed by atoms with van der Waals surface area (Å²) >= 11 is 0. The number of aryl methyl sites for hydroxylation is 1. The van der Waals surface area contributed by atoms with Gasteiger partial charge in [0.1, 0.15) is 6.04 Å². The maximum Gasteiger partial charge on any atom is 0.328 e. The van der Waals surface area contributed by atoms with E-state index in [4.69, 9.17) is 4.74 Å². The average Bonchev–Trinajstić information content (AvgIpc) is 2.92. The number of H-pyrrole nitrogens is 1. The van der Waals surface area contributed by atoms with Gasteiger partial charge in [0.2, 0.25) is 0 Å². The van der Waals surface area contributed by atoms with Crippen molar-refractivity contribution in [3.8, 4) is 0 Å². The maximum absolute atomic E-state index is 12.0. The highest BCUT2D eigenvalue weighted by molar-refractivity contribution is 5.87. The molecule has 1 aromatic heterocycles. The Hall–Kier alpha value is -2.23. The minimum atomic E-state index is -0.352. The summed E-state index contributed by atoms with van der Waals surface area (Å²) in [5.74, 6) is -0.230. The summed E-state index contributed by atoms with van der Waals surface area (Å²) in [5.41, 5.74) is 4.87. The average molecular weight is 284 g/mol. The van der Waals surface area contributed by atoms with Crippen molar-refractivity contribution in [1.82, 2.24) is 10.3 Å². The molecule has 0 bridgehead atoms. The van der Waals surface area contributed by atoms with E-state index in [1.165, 1.54) is 23.6 Å². The van der Waals surface area contributed by atoms with Crippen molar-refractivity contribution in [3.05, 3.63) is 47.3 Å². The molecule has 2 aromatic rings. The number of esters is 1. The van der Waals surface area contributed by atoms with E-state index in [9.17, 15) is 4.79 Å². The first-order chi connectivity index (χ1) is 10.2. The first kappa shape index (κ1) is 13.7. The molecule has 4 heteroatoms. The van der Waals surface area contributed by atoms with E-state index >= 15 is 0 Å². The molecule has 1 aromatic carbocycles. The summed E-state index contributed by atoms with van der Waals surface area (Å²) in [6.07, 6.45) is 6.55. The lowest BCUT2D eigenvalue weighted by Crippen LogP contribution is -2.36. The Morgan fingerprint density at radius 3 is 2.95 bits per heavy atom. The van der Waals surface area contributed by atoms with E-state index in [0.29, 0.717) is 6.42 Å². The number of carbonyl (C=O) groups excluding carboxylic acids is 1. The summed E-state index contributed by atoms with van der Waals surface area (Å²) in [6.45, 7) is 2.08. The van der Waals surface area contributed by atoms with Gasteiger partial charge in [0.15, 0.2) is 0 Å². The van der Waals surface area contributed by atoms with Gasteiger partial charge in [-0.25, -0.2) is 4.79 Å². The van der Waals surface area contributed by atoms with Crippen LogP contribution in [0.3, 0.4) is 0 Å². The SMILES string of the molecule is COC(=O)C1Cc2c[nH]c3cccc(c23)CC/C(C)=C\N1. The number of aromatic amines is 1. The summed E-state index contributed by atoms with van der Waals surface area (Å²) in [4.78, 5) is 15.3. The molecule has 3 rings (SSSR count). The molecule has 0 saturated carbocycles. The van der Waals surface area contributed by atoms with E-state index in [2.05, 4.69) is 35.4 Å². The molecule has 4 nitrogen and oxygen atoms in total. The fourth-order valence-corrected chi connectivity index (χ4v) is 2.93. The van der Waals surface area contributed by atoms with Gasteiger partial charge in [-0.1, -0.05) is 17.7 Å². The van der Waals surface area contributed by atoms with E-state index < -0.39 is 0 Å². The number of allylic oxidation sites excluding steroid dienone is 1. The largest absolute Gasteiger partial charge is 0.467 e. The monoisotopic (exact) mass is 284 g/mol. The second-order valence-electron chi connectivity index (χ2n) is 5.59. The second kappa shape index (κ2) is 5.64. The van der Waals surface area contributed by atoms with Gasteiger partial charge in [0, 0.05) is 23.5 Å². The third-order valence-electron chi connectivity index (χ3n) is 4.10. The highest BCUT2D eigenvalue weighted by atomic mass is 16.5. The van der Waals surface area contributed by atoms with Crippen LogP contribution in [-0.2, 0) is 22.4 Å². The van der Waals surface area contributed by atoms with Crippen molar-refractivity contribution in [2.75, 3.05) is 7.11 Å². The van der Waals surface area contributed by atoms with Crippen molar-refractivity contribution in [2.24, 2.45) is 0 Å². The normalized spacial score (nSPS) is 21.2. The van der Waals surface area contributed by atoms with Crippen molar-refractivity contribution in [2.45, 2.75) is 32.2 Å². The molecule has 110 valence electrons. The van der Waals surface area contributed by atoms with Crippen LogP contribution in [0.15, 0.2) is 36.2 Å². The Bertz CT molecular complexity index is 700. The summed E-state index contributed by atoms with van der Waals surface area (Å²) in [7, 11) is 1.43. The van der Waals surface area contributed by atoms with Gasteiger partial charge in [-0.15, -0.1) is 0 Å². The van der Waals surface area contributed by atoms with Crippen LogP contribution >= 0.6 is 0 Å². The fourth-order valence-electron chi connectivity index (χ4n) is 2.93. The molecule has 0 radical (unpaired) electrons. The summed E-state index contributed by atoms with van der Waals surface area (Å²) in [5, 5.41) is 4.46. The number of hydrogen-bond acceptors (Lipinski definition) is 3. The minimum Gasteiger partial charge on any atom is -0.467 e. The van der Waals surface area contributed by atoms with Crippen LogP contribution in [0.25, 0.3) is 10.9 Å². The molecule has 0 amide bonds. The number of nitrogens with one attached hydrogen (secondary N) is 2. The molecular weight excluding hydrogens is 264 g/mol. The smallest absolute Gasteiger partial charge is 0.328 e. The van der Waals surface area contributed by atoms with Gasteiger partial charge in [0.05, 0.1) is 7.11 Å². The molecule has 2 heterocycles. The van der Waals surface area contributed by atoms with Gasteiger partial charge < -0.3 is 15.0 Å². The third kappa shape index (κ3) is 2.66. The maximum atomic E-state index is 12.0. The first-order valence-electron chi connectivity index (χ1n) is 7.26. The molecule has 0 spiro atoms. The van der Waals surface area contributed by atoms with Gasteiger partial charge in [-0.2, -0.15) is 0 Å². The molecule has 21 heavy (non-hydrogen) atoms. The number of benzene rings is 1. The van der Waals surface area contributed by atoms with Gasteiger partial charge >= 0.3 is 5.97 Å². The van der Waals surface area contributed by atoms with Crippen molar-refractivity contribution in [3.63, 3.8) is 0 Å². The molecule has 1 unspecified atom stereocenters. The van der Waals surface area contributed by atoms with E-state index in [1.807, 2.05) is 12.4 Å². The van der Waals surface area contributed by atoms with Gasteiger partial charge in [-0.05, 0) is 43.2 Å². The first-order valence-corrected chi connectivity index (χ1v) is 7.26. The molecule has 1 aliphatic rings. The predicted octanol–water partition coefficient (Wildman–Crippen LogP) is 2.69. The summed E-state index contributed by atoms with van der Waals surface area (Å²) in [6, 6.07) is 5.99. The number of rotatable bonds is 1. The molecule has 0 saturated heterocycles. The lowest BCUT2D eigenvalue weighted by Gasteiger charge is -2.17. The number of aromatic nitrogens is 1. The molecule has 2 N–H and O–H groups in total.